The Kier molecular flexibility index (Phi) is 2.76. The molecule has 1 aromatic carbocycles. The Morgan fingerprint density at radius 1 is 1.25 bits per heavy atom. The highest BCUT2D eigenvalue weighted by molar-refractivity contribution is 5.94. The summed E-state index contributed by atoms with van der Waals surface area (Å²) in [6.45, 7) is 3.36. The molecule has 0 saturated heterocycles. The summed E-state index contributed by atoms with van der Waals surface area (Å²) in [6.07, 6.45) is 1.01. The number of benzene rings is 1. The normalized spacial score (nSPS) is 16.9. The molecule has 0 amide bonds. The van der Waals surface area contributed by atoms with Gasteiger partial charge in [-0.25, -0.2) is 4.79 Å². The number of carboxylic acid groups (broad SMARTS) is 1. The van der Waals surface area contributed by atoms with Crippen LogP contribution in [0, 0.1) is 13.8 Å². The number of fused-ring (bicyclic) bond motifs is 1. The van der Waals surface area contributed by atoms with E-state index in [-0.39, 0.29) is 5.56 Å². The molecule has 0 radical (unpaired) electrons. The summed E-state index contributed by atoms with van der Waals surface area (Å²) in [7, 11) is 0. The number of rotatable bonds is 2. The summed E-state index contributed by atoms with van der Waals surface area (Å²) in [4.78, 5) is 11.3. The molecule has 1 aliphatic rings. The van der Waals surface area contributed by atoms with Gasteiger partial charge in [0.15, 0.2) is 0 Å². The largest absolute Gasteiger partial charge is 0.478 e. The highest BCUT2D eigenvalue weighted by atomic mass is 16.4. The Hall–Kier alpha value is -2.33. The minimum absolute atomic E-state index is 0.194. The number of aliphatic hydroxyl groups is 1. The molecule has 20 heavy (non-hydrogen) atoms. The fourth-order valence-electron chi connectivity index (χ4n) is 2.76. The molecule has 2 N–H and O–H groups in total. The smallest absolute Gasteiger partial charge is 0.339 e. The monoisotopic (exact) mass is 270 g/mol. The lowest BCUT2D eigenvalue weighted by atomic mass is 10.0. The van der Waals surface area contributed by atoms with Crippen LogP contribution in [0.2, 0.25) is 0 Å². The number of hydrogen-bond acceptors (Lipinski definition) is 3. The van der Waals surface area contributed by atoms with Gasteiger partial charge in [0.2, 0.25) is 0 Å². The van der Waals surface area contributed by atoms with Gasteiger partial charge in [0.05, 0.1) is 6.10 Å². The van der Waals surface area contributed by atoms with Crippen LogP contribution in [-0.2, 0) is 0 Å². The second kappa shape index (κ2) is 4.35. The van der Waals surface area contributed by atoms with E-state index in [1.165, 1.54) is 0 Å². The molecule has 0 fully saturated rings. The van der Waals surface area contributed by atoms with Crippen LogP contribution < -0.4 is 0 Å². The predicted molar refractivity (Wildman–Crippen MR) is 73.6 cm³/mol. The van der Waals surface area contributed by atoms with Crippen molar-refractivity contribution in [3.05, 3.63) is 64.1 Å². The van der Waals surface area contributed by atoms with E-state index in [2.05, 4.69) is 0 Å². The molecule has 1 heterocycles. The van der Waals surface area contributed by atoms with Crippen LogP contribution in [-0.4, -0.2) is 16.2 Å². The molecule has 102 valence electrons. The fraction of sp³-hybridized carbons (Fsp3) is 0.188. The quantitative estimate of drug-likeness (QED) is 0.879. The van der Waals surface area contributed by atoms with Gasteiger partial charge in [0.1, 0.15) is 17.1 Å². The van der Waals surface area contributed by atoms with Crippen LogP contribution in [0.1, 0.15) is 44.7 Å². The first-order chi connectivity index (χ1) is 9.50. The predicted octanol–water partition coefficient (Wildman–Crippen LogP) is 3.07. The lowest BCUT2D eigenvalue weighted by Crippen LogP contribution is -1.99. The lowest BCUT2D eigenvalue weighted by molar-refractivity contribution is 0.0694. The van der Waals surface area contributed by atoms with Crippen molar-refractivity contribution in [3.8, 4) is 0 Å². The number of hydrogen-bond donors (Lipinski definition) is 2. The van der Waals surface area contributed by atoms with Gasteiger partial charge in [0.25, 0.3) is 0 Å². The number of carbonyl (C=O) groups is 1. The van der Waals surface area contributed by atoms with E-state index in [1.54, 1.807) is 19.9 Å². The molecule has 3 rings (SSSR count). The van der Waals surface area contributed by atoms with E-state index < -0.39 is 12.1 Å². The fourth-order valence-corrected chi connectivity index (χ4v) is 2.76. The van der Waals surface area contributed by atoms with E-state index in [9.17, 15) is 15.0 Å². The van der Waals surface area contributed by atoms with Crippen molar-refractivity contribution in [2.45, 2.75) is 20.0 Å². The Morgan fingerprint density at radius 2 is 1.95 bits per heavy atom. The van der Waals surface area contributed by atoms with E-state index in [1.807, 2.05) is 24.3 Å². The van der Waals surface area contributed by atoms with Crippen molar-refractivity contribution in [1.82, 2.24) is 0 Å². The summed E-state index contributed by atoms with van der Waals surface area (Å²) < 4.78 is 5.64. The van der Waals surface area contributed by atoms with E-state index in [4.69, 9.17) is 4.42 Å². The summed E-state index contributed by atoms with van der Waals surface area (Å²) >= 11 is 0. The SMILES string of the molecule is Cc1oc(C2=CC(O)c3ccccc32)c(C)c1C(=O)O. The van der Waals surface area contributed by atoms with Gasteiger partial charge in [-0.15, -0.1) is 0 Å². The number of carboxylic acids is 1. The van der Waals surface area contributed by atoms with Gasteiger partial charge >= 0.3 is 5.97 Å². The molecule has 1 aromatic heterocycles. The first-order valence-corrected chi connectivity index (χ1v) is 6.33. The van der Waals surface area contributed by atoms with Gasteiger partial charge in [-0.3, -0.25) is 0 Å². The average molecular weight is 270 g/mol. The van der Waals surface area contributed by atoms with E-state index in [0.29, 0.717) is 17.1 Å². The highest BCUT2D eigenvalue weighted by Gasteiger charge is 2.28. The van der Waals surface area contributed by atoms with Crippen LogP contribution >= 0.6 is 0 Å². The average Bonchev–Trinajstić information content (AvgIpc) is 2.88. The first-order valence-electron chi connectivity index (χ1n) is 6.33. The molecule has 4 nitrogen and oxygen atoms in total. The van der Waals surface area contributed by atoms with Gasteiger partial charge in [0, 0.05) is 11.1 Å². The minimum atomic E-state index is -0.998. The van der Waals surface area contributed by atoms with Crippen molar-refractivity contribution >= 4 is 11.5 Å². The van der Waals surface area contributed by atoms with Crippen molar-refractivity contribution in [2.24, 2.45) is 0 Å². The van der Waals surface area contributed by atoms with Crippen molar-refractivity contribution < 1.29 is 19.4 Å². The second-order valence-electron chi connectivity index (χ2n) is 4.90. The molecule has 4 heteroatoms. The van der Waals surface area contributed by atoms with Crippen molar-refractivity contribution in [2.75, 3.05) is 0 Å². The zero-order valence-corrected chi connectivity index (χ0v) is 11.2. The molecule has 2 aromatic rings. The summed E-state index contributed by atoms with van der Waals surface area (Å²) in [5.74, 6) is -0.101. The Bertz CT molecular complexity index is 737. The third kappa shape index (κ3) is 1.69. The maximum atomic E-state index is 11.3. The standard InChI is InChI=1S/C16H14O4/c1-8-14(16(18)19)9(2)20-15(8)12-7-13(17)11-6-4-3-5-10(11)12/h3-7,13,17H,1-2H3,(H,18,19). The Balaban J connectivity index is 2.19. The van der Waals surface area contributed by atoms with Gasteiger partial charge < -0.3 is 14.6 Å². The lowest BCUT2D eigenvalue weighted by Gasteiger charge is -2.04. The molecular weight excluding hydrogens is 256 g/mol. The van der Waals surface area contributed by atoms with Crippen LogP contribution in [0.5, 0.6) is 0 Å². The van der Waals surface area contributed by atoms with E-state index >= 15 is 0 Å². The zero-order valence-electron chi connectivity index (χ0n) is 11.2. The van der Waals surface area contributed by atoms with Gasteiger partial charge in [-0.2, -0.15) is 0 Å². The molecule has 0 spiro atoms. The van der Waals surface area contributed by atoms with Crippen molar-refractivity contribution in [3.63, 3.8) is 0 Å². The number of furan rings is 1. The maximum absolute atomic E-state index is 11.3. The second-order valence-corrected chi connectivity index (χ2v) is 4.90. The molecule has 0 aliphatic heterocycles. The molecule has 1 atom stereocenters. The Labute approximate surface area is 116 Å². The molecule has 1 aliphatic carbocycles. The summed E-state index contributed by atoms with van der Waals surface area (Å²) in [5, 5.41) is 19.3. The third-order valence-corrected chi connectivity index (χ3v) is 3.68. The number of aromatic carboxylic acids is 1. The van der Waals surface area contributed by atoms with Crippen molar-refractivity contribution in [1.29, 1.82) is 0 Å². The zero-order chi connectivity index (χ0) is 14.4. The van der Waals surface area contributed by atoms with E-state index in [0.717, 1.165) is 16.7 Å². The molecular formula is C16H14O4. The van der Waals surface area contributed by atoms with Crippen LogP contribution in [0.4, 0.5) is 0 Å². The minimum Gasteiger partial charge on any atom is -0.478 e. The molecule has 0 saturated carbocycles. The number of aryl methyl sites for hydroxylation is 1. The number of aliphatic hydroxyl groups excluding tert-OH is 1. The maximum Gasteiger partial charge on any atom is 0.339 e. The third-order valence-electron chi connectivity index (χ3n) is 3.68. The van der Waals surface area contributed by atoms with Gasteiger partial charge in [-0.1, -0.05) is 24.3 Å². The first kappa shape index (κ1) is 12.7. The van der Waals surface area contributed by atoms with Crippen LogP contribution in [0.25, 0.3) is 5.57 Å². The topological polar surface area (TPSA) is 70.7 Å². The van der Waals surface area contributed by atoms with Gasteiger partial charge in [-0.05, 0) is 31.1 Å². The highest BCUT2D eigenvalue weighted by Crippen LogP contribution is 2.40. The summed E-state index contributed by atoms with van der Waals surface area (Å²) in [5.41, 5.74) is 3.23. The van der Waals surface area contributed by atoms with Crippen LogP contribution in [0.15, 0.2) is 34.8 Å². The molecule has 0 bridgehead atoms. The Morgan fingerprint density at radius 3 is 2.60 bits per heavy atom. The van der Waals surface area contributed by atoms with Crippen LogP contribution in [0.3, 0.4) is 0 Å². The summed E-state index contributed by atoms with van der Waals surface area (Å²) in [6, 6.07) is 7.50. The molecule has 1 unspecified atom stereocenters.